The SMILES string of the molecule is Cc1ccc(NC(=O)[C@H](C)N2CCCCC2)c(C(=O)c2ccccc2)c1. The summed E-state index contributed by atoms with van der Waals surface area (Å²) in [7, 11) is 0. The number of hydrogen-bond donors (Lipinski definition) is 1. The van der Waals surface area contributed by atoms with Crippen molar-refractivity contribution in [2.45, 2.75) is 39.2 Å². The Kier molecular flexibility index (Phi) is 5.84. The van der Waals surface area contributed by atoms with E-state index in [4.69, 9.17) is 0 Å². The van der Waals surface area contributed by atoms with Gasteiger partial charge in [-0.25, -0.2) is 0 Å². The van der Waals surface area contributed by atoms with E-state index in [9.17, 15) is 9.59 Å². The van der Waals surface area contributed by atoms with E-state index in [0.29, 0.717) is 16.8 Å². The molecule has 0 aliphatic carbocycles. The van der Waals surface area contributed by atoms with E-state index in [-0.39, 0.29) is 17.7 Å². The maximum absolute atomic E-state index is 12.9. The molecule has 0 bridgehead atoms. The summed E-state index contributed by atoms with van der Waals surface area (Å²) in [5.74, 6) is -0.131. The second-order valence-electron chi connectivity index (χ2n) is 7.01. The molecule has 1 saturated heterocycles. The lowest BCUT2D eigenvalue weighted by atomic mass is 9.99. The molecule has 1 fully saturated rings. The quantitative estimate of drug-likeness (QED) is 0.828. The first-order valence-electron chi connectivity index (χ1n) is 9.31. The fourth-order valence-corrected chi connectivity index (χ4v) is 3.41. The van der Waals surface area contributed by atoms with Crippen molar-refractivity contribution < 1.29 is 9.59 Å². The molecule has 1 aliphatic rings. The van der Waals surface area contributed by atoms with Gasteiger partial charge >= 0.3 is 0 Å². The fraction of sp³-hybridized carbons (Fsp3) is 0.364. The molecule has 0 saturated carbocycles. The summed E-state index contributed by atoms with van der Waals surface area (Å²) in [5, 5.41) is 2.98. The minimum atomic E-state index is -0.198. The van der Waals surface area contributed by atoms with Gasteiger partial charge in [-0.05, 0) is 51.9 Å². The zero-order chi connectivity index (χ0) is 18.5. The van der Waals surface area contributed by atoms with Crippen molar-refractivity contribution in [1.29, 1.82) is 0 Å². The van der Waals surface area contributed by atoms with E-state index < -0.39 is 0 Å². The third-order valence-electron chi connectivity index (χ3n) is 5.03. The van der Waals surface area contributed by atoms with Gasteiger partial charge in [0.2, 0.25) is 5.91 Å². The molecule has 1 amide bonds. The Labute approximate surface area is 155 Å². The molecule has 2 aromatic rings. The van der Waals surface area contributed by atoms with Gasteiger partial charge in [0.1, 0.15) is 0 Å². The predicted molar refractivity (Wildman–Crippen MR) is 105 cm³/mol. The number of nitrogens with zero attached hydrogens (tertiary/aromatic N) is 1. The lowest BCUT2D eigenvalue weighted by Gasteiger charge is -2.31. The summed E-state index contributed by atoms with van der Waals surface area (Å²) >= 11 is 0. The topological polar surface area (TPSA) is 49.4 Å². The molecule has 0 unspecified atom stereocenters. The van der Waals surface area contributed by atoms with Crippen LogP contribution in [0.2, 0.25) is 0 Å². The maximum atomic E-state index is 12.9. The summed E-state index contributed by atoms with van der Waals surface area (Å²) in [6.45, 7) is 5.80. The zero-order valence-electron chi connectivity index (χ0n) is 15.5. The van der Waals surface area contributed by atoms with Crippen LogP contribution in [-0.2, 0) is 4.79 Å². The molecule has 1 N–H and O–H groups in total. The highest BCUT2D eigenvalue weighted by atomic mass is 16.2. The van der Waals surface area contributed by atoms with Gasteiger partial charge in [0.05, 0.1) is 11.7 Å². The Morgan fingerprint density at radius 2 is 1.69 bits per heavy atom. The molecular weight excluding hydrogens is 324 g/mol. The van der Waals surface area contributed by atoms with Crippen molar-refractivity contribution in [3.05, 3.63) is 65.2 Å². The summed E-state index contributed by atoms with van der Waals surface area (Å²) in [6.07, 6.45) is 3.51. The first-order valence-corrected chi connectivity index (χ1v) is 9.31. The summed E-state index contributed by atoms with van der Waals surface area (Å²) in [4.78, 5) is 27.9. The highest BCUT2D eigenvalue weighted by Gasteiger charge is 2.24. The second-order valence-corrected chi connectivity index (χ2v) is 7.01. The van der Waals surface area contributed by atoms with E-state index >= 15 is 0 Å². The van der Waals surface area contributed by atoms with Crippen LogP contribution in [0.25, 0.3) is 0 Å². The number of benzene rings is 2. The van der Waals surface area contributed by atoms with E-state index in [0.717, 1.165) is 31.5 Å². The van der Waals surface area contributed by atoms with Gasteiger partial charge < -0.3 is 5.32 Å². The third-order valence-corrected chi connectivity index (χ3v) is 5.03. The van der Waals surface area contributed by atoms with Crippen molar-refractivity contribution in [3.63, 3.8) is 0 Å². The molecule has 0 spiro atoms. The molecule has 1 aliphatic heterocycles. The first kappa shape index (κ1) is 18.3. The number of anilines is 1. The van der Waals surface area contributed by atoms with Crippen molar-refractivity contribution in [2.75, 3.05) is 18.4 Å². The Balaban J connectivity index is 1.81. The van der Waals surface area contributed by atoms with Crippen molar-refractivity contribution in [1.82, 2.24) is 4.90 Å². The average Bonchev–Trinajstić information content (AvgIpc) is 2.69. The van der Waals surface area contributed by atoms with Crippen LogP contribution >= 0.6 is 0 Å². The number of amides is 1. The Morgan fingerprint density at radius 1 is 1.00 bits per heavy atom. The minimum absolute atomic E-state index is 0.0575. The van der Waals surface area contributed by atoms with Crippen molar-refractivity contribution in [3.8, 4) is 0 Å². The second kappa shape index (κ2) is 8.28. The number of likely N-dealkylation sites (tertiary alicyclic amines) is 1. The number of aryl methyl sites for hydroxylation is 1. The minimum Gasteiger partial charge on any atom is -0.324 e. The monoisotopic (exact) mass is 350 g/mol. The number of nitrogens with one attached hydrogen (secondary N) is 1. The first-order chi connectivity index (χ1) is 12.6. The van der Waals surface area contributed by atoms with Gasteiger partial charge in [0, 0.05) is 11.1 Å². The molecule has 4 nitrogen and oxygen atoms in total. The number of carbonyl (C=O) groups is 2. The lowest BCUT2D eigenvalue weighted by molar-refractivity contribution is -0.121. The third kappa shape index (κ3) is 4.20. The van der Waals surface area contributed by atoms with E-state index in [1.54, 1.807) is 12.1 Å². The molecular formula is C22H26N2O2. The van der Waals surface area contributed by atoms with E-state index in [1.807, 2.05) is 50.2 Å². The molecule has 136 valence electrons. The molecule has 1 atom stereocenters. The fourth-order valence-electron chi connectivity index (χ4n) is 3.41. The number of piperidine rings is 1. The molecule has 0 radical (unpaired) electrons. The highest BCUT2D eigenvalue weighted by Crippen LogP contribution is 2.22. The molecule has 3 rings (SSSR count). The maximum Gasteiger partial charge on any atom is 0.241 e. The summed E-state index contributed by atoms with van der Waals surface area (Å²) in [6, 6.07) is 14.6. The molecule has 0 aromatic heterocycles. The van der Waals surface area contributed by atoms with Crippen LogP contribution in [0.1, 0.15) is 47.7 Å². The van der Waals surface area contributed by atoms with Crippen LogP contribution in [0.3, 0.4) is 0 Å². The van der Waals surface area contributed by atoms with Crippen LogP contribution < -0.4 is 5.32 Å². The average molecular weight is 350 g/mol. The van der Waals surface area contributed by atoms with Crippen LogP contribution in [0.5, 0.6) is 0 Å². The zero-order valence-corrected chi connectivity index (χ0v) is 15.5. The largest absolute Gasteiger partial charge is 0.324 e. The molecule has 26 heavy (non-hydrogen) atoms. The van der Waals surface area contributed by atoms with E-state index in [2.05, 4.69) is 10.2 Å². The molecule has 4 heteroatoms. The number of carbonyl (C=O) groups excluding carboxylic acids is 2. The number of ketones is 1. The number of rotatable bonds is 5. The van der Waals surface area contributed by atoms with Crippen LogP contribution in [0.4, 0.5) is 5.69 Å². The Hall–Kier alpha value is -2.46. The predicted octanol–water partition coefficient (Wildman–Crippen LogP) is 4.04. The lowest BCUT2D eigenvalue weighted by Crippen LogP contribution is -2.44. The van der Waals surface area contributed by atoms with Crippen LogP contribution in [0.15, 0.2) is 48.5 Å². The Morgan fingerprint density at radius 3 is 2.38 bits per heavy atom. The van der Waals surface area contributed by atoms with Gasteiger partial charge in [0.25, 0.3) is 0 Å². The summed E-state index contributed by atoms with van der Waals surface area (Å²) in [5.41, 5.74) is 2.73. The van der Waals surface area contributed by atoms with Crippen LogP contribution in [0, 0.1) is 6.92 Å². The van der Waals surface area contributed by atoms with Crippen molar-refractivity contribution in [2.24, 2.45) is 0 Å². The normalized spacial score (nSPS) is 16.1. The van der Waals surface area contributed by atoms with E-state index in [1.165, 1.54) is 6.42 Å². The van der Waals surface area contributed by atoms with Crippen LogP contribution in [-0.4, -0.2) is 35.7 Å². The van der Waals surface area contributed by atoms with Gasteiger partial charge in [-0.1, -0.05) is 48.4 Å². The van der Waals surface area contributed by atoms with Gasteiger partial charge in [-0.15, -0.1) is 0 Å². The summed E-state index contributed by atoms with van der Waals surface area (Å²) < 4.78 is 0. The van der Waals surface area contributed by atoms with Gasteiger partial charge in [-0.2, -0.15) is 0 Å². The standard InChI is InChI=1S/C22H26N2O2/c1-16-11-12-20(19(15-16)21(25)18-9-5-3-6-10-18)23-22(26)17(2)24-13-7-4-8-14-24/h3,5-6,9-12,15,17H,4,7-8,13-14H2,1-2H3,(H,23,26)/t17-/m0/s1. The molecule has 2 aromatic carbocycles. The van der Waals surface area contributed by atoms with Crippen molar-refractivity contribution >= 4 is 17.4 Å². The highest BCUT2D eigenvalue weighted by molar-refractivity contribution is 6.14. The molecule has 1 heterocycles. The van der Waals surface area contributed by atoms with Gasteiger partial charge in [-0.3, -0.25) is 14.5 Å². The smallest absolute Gasteiger partial charge is 0.241 e. The Bertz CT molecular complexity index is 780. The van der Waals surface area contributed by atoms with Gasteiger partial charge in [0.15, 0.2) is 5.78 Å². The number of hydrogen-bond acceptors (Lipinski definition) is 3.